The van der Waals surface area contributed by atoms with Gasteiger partial charge < -0.3 is 9.64 Å². The summed E-state index contributed by atoms with van der Waals surface area (Å²) >= 11 is 0. The fourth-order valence-electron chi connectivity index (χ4n) is 2.41. The van der Waals surface area contributed by atoms with Gasteiger partial charge in [0.05, 0.1) is 12.4 Å². The fourth-order valence-corrected chi connectivity index (χ4v) is 3.29. The zero-order valence-corrected chi connectivity index (χ0v) is 12.1. The molecule has 1 aliphatic heterocycles. The number of sulfonamides is 1. The van der Waals surface area contributed by atoms with Gasteiger partial charge in [-0.05, 0) is 17.7 Å². The molecule has 1 unspecified atom stereocenters. The average molecular weight is 298 g/mol. The molecule has 20 heavy (non-hydrogen) atoms. The lowest BCUT2D eigenvalue weighted by atomic mass is 10.1. The van der Waals surface area contributed by atoms with Crippen LogP contribution >= 0.6 is 0 Å². The van der Waals surface area contributed by atoms with Crippen molar-refractivity contribution < 1.29 is 17.9 Å². The highest BCUT2D eigenvalue weighted by Crippen LogP contribution is 2.26. The van der Waals surface area contributed by atoms with Gasteiger partial charge in [0.15, 0.2) is 0 Å². The number of benzene rings is 1. The molecule has 7 heteroatoms. The summed E-state index contributed by atoms with van der Waals surface area (Å²) in [5, 5.41) is 5.03. The number of nitrogens with two attached hydrogens (primary N) is 1. The topological polar surface area (TPSA) is 89.7 Å². The molecule has 1 aliphatic rings. The van der Waals surface area contributed by atoms with Gasteiger partial charge in [0, 0.05) is 31.7 Å². The molecule has 0 saturated carbocycles. The van der Waals surface area contributed by atoms with Crippen molar-refractivity contribution in [3.05, 3.63) is 29.8 Å². The summed E-state index contributed by atoms with van der Waals surface area (Å²) in [6, 6.07) is 7.45. The molecular formula is C13H18N2O4S. The number of nitrogens with zero attached hydrogens (tertiary/aromatic N) is 1. The zero-order chi connectivity index (χ0) is 14.8. The Morgan fingerprint density at radius 1 is 1.35 bits per heavy atom. The molecule has 6 nitrogen and oxygen atoms in total. The molecule has 2 rings (SSSR count). The molecule has 1 amide bonds. The van der Waals surface area contributed by atoms with Crippen LogP contribution in [0.4, 0.5) is 5.69 Å². The molecule has 1 heterocycles. The first-order chi connectivity index (χ1) is 9.39. The molecule has 1 aromatic rings. The summed E-state index contributed by atoms with van der Waals surface area (Å²) < 4.78 is 27.2. The average Bonchev–Trinajstić information content (AvgIpc) is 2.69. The lowest BCUT2D eigenvalue weighted by Crippen LogP contribution is -2.27. The van der Waals surface area contributed by atoms with Crippen LogP contribution in [0.5, 0.6) is 0 Å². The highest BCUT2D eigenvalue weighted by Gasteiger charge is 2.32. The first kappa shape index (κ1) is 15.0. The molecule has 1 atom stereocenters. The smallest absolute Gasteiger partial charge is 0.227 e. The summed E-state index contributed by atoms with van der Waals surface area (Å²) in [5.41, 5.74) is 1.79. The molecule has 1 fully saturated rings. The number of carbonyl (C=O) groups is 1. The minimum absolute atomic E-state index is 0.0712. The minimum Gasteiger partial charge on any atom is -0.380 e. The van der Waals surface area contributed by atoms with Crippen LogP contribution in [0.1, 0.15) is 12.0 Å². The van der Waals surface area contributed by atoms with Gasteiger partial charge in [-0.1, -0.05) is 12.1 Å². The van der Waals surface area contributed by atoms with Gasteiger partial charge in [0.25, 0.3) is 0 Å². The molecule has 0 radical (unpaired) electrons. The first-order valence-corrected chi connectivity index (χ1v) is 7.99. The van der Waals surface area contributed by atoms with Crippen LogP contribution in [0.2, 0.25) is 0 Å². The Balaban J connectivity index is 2.07. The first-order valence-electron chi connectivity index (χ1n) is 6.28. The molecular weight excluding hydrogens is 280 g/mol. The Labute approximate surface area is 118 Å². The van der Waals surface area contributed by atoms with Gasteiger partial charge in [-0.2, -0.15) is 0 Å². The second kappa shape index (κ2) is 5.90. The van der Waals surface area contributed by atoms with Crippen molar-refractivity contribution in [3.63, 3.8) is 0 Å². The van der Waals surface area contributed by atoms with E-state index in [-0.39, 0.29) is 24.0 Å². The van der Waals surface area contributed by atoms with Gasteiger partial charge in [0.2, 0.25) is 15.9 Å². The van der Waals surface area contributed by atoms with Crippen molar-refractivity contribution in [1.82, 2.24) is 0 Å². The second-order valence-electron chi connectivity index (χ2n) is 5.00. The largest absolute Gasteiger partial charge is 0.380 e. The van der Waals surface area contributed by atoms with Crippen LogP contribution in [0.3, 0.4) is 0 Å². The highest BCUT2D eigenvalue weighted by molar-refractivity contribution is 7.89. The number of hydrogen-bond acceptors (Lipinski definition) is 4. The molecule has 0 aliphatic carbocycles. The van der Waals surface area contributed by atoms with Crippen LogP contribution in [-0.4, -0.2) is 33.7 Å². The van der Waals surface area contributed by atoms with E-state index < -0.39 is 10.0 Å². The fraction of sp³-hybridized carbons (Fsp3) is 0.462. The van der Waals surface area contributed by atoms with Gasteiger partial charge in [-0.25, -0.2) is 13.6 Å². The maximum absolute atomic E-state index is 11.9. The number of amides is 1. The summed E-state index contributed by atoms with van der Waals surface area (Å²) in [7, 11) is -1.93. The van der Waals surface area contributed by atoms with E-state index in [0.717, 1.165) is 11.3 Å². The lowest BCUT2D eigenvalue weighted by molar-refractivity contribution is -0.117. The third-order valence-corrected chi connectivity index (χ3v) is 4.17. The van der Waals surface area contributed by atoms with Crippen LogP contribution in [0.15, 0.2) is 24.3 Å². The van der Waals surface area contributed by atoms with E-state index in [1.165, 1.54) is 0 Å². The van der Waals surface area contributed by atoms with E-state index in [0.29, 0.717) is 13.2 Å². The van der Waals surface area contributed by atoms with E-state index in [4.69, 9.17) is 9.88 Å². The standard InChI is InChI=1S/C13H18N2O4S/c1-19-8-10-2-4-12(5-3-10)15-7-11(6-13(15)16)9-20(14,17)18/h2-5,11H,6-9H2,1H3,(H2,14,17,18). The van der Waals surface area contributed by atoms with Gasteiger partial charge in [0.1, 0.15) is 0 Å². The van der Waals surface area contributed by atoms with E-state index in [9.17, 15) is 13.2 Å². The predicted octanol–water partition coefficient (Wildman–Crippen LogP) is 0.474. The Morgan fingerprint density at radius 2 is 2.00 bits per heavy atom. The van der Waals surface area contributed by atoms with Gasteiger partial charge >= 0.3 is 0 Å². The SMILES string of the molecule is COCc1ccc(N2CC(CS(N)(=O)=O)CC2=O)cc1. The van der Waals surface area contributed by atoms with Crippen molar-refractivity contribution >= 4 is 21.6 Å². The molecule has 0 bridgehead atoms. The number of carbonyl (C=O) groups excluding carboxylic acids is 1. The summed E-state index contributed by atoms with van der Waals surface area (Å²) in [6.45, 7) is 0.904. The molecule has 0 aromatic heterocycles. The number of methoxy groups -OCH3 is 1. The molecule has 1 saturated heterocycles. The number of ether oxygens (including phenoxy) is 1. The monoisotopic (exact) mass is 298 g/mol. The van der Waals surface area contributed by atoms with Crippen molar-refractivity contribution in [2.75, 3.05) is 24.3 Å². The van der Waals surface area contributed by atoms with Gasteiger partial charge in [-0.3, -0.25) is 4.79 Å². The molecule has 110 valence electrons. The summed E-state index contributed by atoms with van der Waals surface area (Å²) in [5.74, 6) is -0.467. The minimum atomic E-state index is -3.55. The van der Waals surface area contributed by atoms with Crippen molar-refractivity contribution in [2.24, 2.45) is 11.1 Å². The van der Waals surface area contributed by atoms with Gasteiger partial charge in [-0.15, -0.1) is 0 Å². The van der Waals surface area contributed by atoms with Crippen LogP contribution in [0, 0.1) is 5.92 Å². The summed E-state index contributed by atoms with van der Waals surface area (Å²) in [4.78, 5) is 13.6. The maximum Gasteiger partial charge on any atom is 0.227 e. The van der Waals surface area contributed by atoms with Crippen molar-refractivity contribution in [2.45, 2.75) is 13.0 Å². The van der Waals surface area contributed by atoms with E-state index in [1.54, 1.807) is 12.0 Å². The Bertz CT molecular complexity index is 583. The Kier molecular flexibility index (Phi) is 4.42. The van der Waals surface area contributed by atoms with E-state index in [1.807, 2.05) is 24.3 Å². The maximum atomic E-state index is 11.9. The Morgan fingerprint density at radius 3 is 2.55 bits per heavy atom. The second-order valence-corrected chi connectivity index (χ2v) is 6.66. The number of rotatable bonds is 5. The van der Waals surface area contributed by atoms with E-state index >= 15 is 0 Å². The van der Waals surface area contributed by atoms with Crippen LogP contribution in [-0.2, 0) is 26.2 Å². The number of anilines is 1. The molecule has 0 spiro atoms. The third-order valence-electron chi connectivity index (χ3n) is 3.23. The number of hydrogen-bond donors (Lipinski definition) is 1. The van der Waals surface area contributed by atoms with Crippen molar-refractivity contribution in [3.8, 4) is 0 Å². The van der Waals surface area contributed by atoms with E-state index in [2.05, 4.69) is 0 Å². The number of primary sulfonamides is 1. The zero-order valence-electron chi connectivity index (χ0n) is 11.3. The summed E-state index contributed by atoms with van der Waals surface area (Å²) in [6.07, 6.45) is 0.219. The van der Waals surface area contributed by atoms with Crippen LogP contribution < -0.4 is 10.0 Å². The van der Waals surface area contributed by atoms with Crippen molar-refractivity contribution in [1.29, 1.82) is 0 Å². The Hall–Kier alpha value is -1.44. The lowest BCUT2D eigenvalue weighted by Gasteiger charge is -2.17. The van der Waals surface area contributed by atoms with Crippen LogP contribution in [0.25, 0.3) is 0 Å². The highest BCUT2D eigenvalue weighted by atomic mass is 32.2. The quantitative estimate of drug-likeness (QED) is 0.856. The molecule has 2 N–H and O–H groups in total. The normalized spacial score (nSPS) is 19.6. The predicted molar refractivity (Wildman–Crippen MR) is 75.6 cm³/mol. The molecule has 1 aromatic carbocycles. The third kappa shape index (κ3) is 3.78.